The van der Waals surface area contributed by atoms with Gasteiger partial charge in [0.05, 0.1) is 6.04 Å². The molecule has 0 radical (unpaired) electrons. The van der Waals surface area contributed by atoms with Gasteiger partial charge in [-0.3, -0.25) is 14.4 Å². The Bertz CT molecular complexity index is 652. The number of nitrogens with one attached hydrogen (secondary N) is 1. The molecule has 150 valence electrons. The van der Waals surface area contributed by atoms with Crippen molar-refractivity contribution >= 4 is 18.2 Å². The first kappa shape index (κ1) is 22.4. The number of rotatable bonds is 14. The van der Waals surface area contributed by atoms with Crippen LogP contribution < -0.4 is 21.5 Å². The van der Waals surface area contributed by atoms with E-state index in [0.29, 0.717) is 49.0 Å². The van der Waals surface area contributed by atoms with E-state index < -0.39 is 5.91 Å². The number of unbranched alkanes of at least 4 members (excludes halogenated alkanes) is 2. The van der Waals surface area contributed by atoms with Crippen LogP contribution in [0.3, 0.4) is 0 Å². The first-order valence-electron chi connectivity index (χ1n) is 9.02. The van der Waals surface area contributed by atoms with Crippen molar-refractivity contribution in [3.8, 4) is 5.75 Å². The molecule has 1 atom stereocenters. The molecule has 0 aliphatic heterocycles. The van der Waals surface area contributed by atoms with Crippen LogP contribution in [0.2, 0.25) is 0 Å². The molecule has 0 aliphatic rings. The number of hydrogen-bond donors (Lipinski definition) is 3. The molecule has 0 heterocycles. The van der Waals surface area contributed by atoms with Gasteiger partial charge in [-0.05, 0) is 55.9 Å². The lowest BCUT2D eigenvalue weighted by molar-refractivity contribution is -0.119. The second kappa shape index (κ2) is 11.9. The summed E-state index contributed by atoms with van der Waals surface area (Å²) in [5, 5.41) is 2.59. The van der Waals surface area contributed by atoms with E-state index in [1.807, 2.05) is 0 Å². The number of carbonyl (C=O) groups excluding carboxylic acids is 3. The van der Waals surface area contributed by atoms with Crippen LogP contribution in [0.4, 0.5) is 4.39 Å². The topological polar surface area (TPSA) is 125 Å². The number of nitrogens with two attached hydrogens (primary N) is 2. The van der Waals surface area contributed by atoms with Crippen molar-refractivity contribution in [2.24, 2.45) is 11.5 Å². The van der Waals surface area contributed by atoms with Gasteiger partial charge in [0.15, 0.2) is 0 Å². The highest BCUT2D eigenvalue weighted by molar-refractivity contribution is 5.74. The zero-order valence-corrected chi connectivity index (χ0v) is 15.6. The van der Waals surface area contributed by atoms with Crippen LogP contribution in [0.1, 0.15) is 49.7 Å². The third kappa shape index (κ3) is 8.52. The molecule has 0 saturated carbocycles. The van der Waals surface area contributed by atoms with Gasteiger partial charge in [0.25, 0.3) is 0 Å². The predicted octanol–water partition coefficient (Wildman–Crippen LogP) is 1.48. The number of carbonyl (C=O) groups is 3. The second-order valence-corrected chi connectivity index (χ2v) is 6.47. The quantitative estimate of drug-likeness (QED) is 0.333. The summed E-state index contributed by atoms with van der Waals surface area (Å²) in [6.45, 7) is 1.93. The van der Waals surface area contributed by atoms with E-state index in [9.17, 15) is 18.8 Å². The Morgan fingerprint density at radius 3 is 2.52 bits per heavy atom. The van der Waals surface area contributed by atoms with Crippen molar-refractivity contribution in [1.29, 1.82) is 0 Å². The summed E-state index contributed by atoms with van der Waals surface area (Å²) in [6, 6.07) is 2.54. The van der Waals surface area contributed by atoms with E-state index in [1.54, 1.807) is 13.0 Å². The second-order valence-electron chi connectivity index (χ2n) is 6.47. The fourth-order valence-corrected chi connectivity index (χ4v) is 2.76. The minimum Gasteiger partial charge on any atom is -0.491 e. The fourth-order valence-electron chi connectivity index (χ4n) is 2.76. The van der Waals surface area contributed by atoms with Crippen molar-refractivity contribution in [2.75, 3.05) is 6.61 Å². The van der Waals surface area contributed by atoms with Crippen LogP contribution in [0.15, 0.2) is 12.1 Å². The monoisotopic (exact) mass is 381 g/mol. The molecular formula is C19H28FN3O4. The molecule has 5 N–H and O–H groups in total. The summed E-state index contributed by atoms with van der Waals surface area (Å²) in [5.41, 5.74) is 11.5. The Morgan fingerprint density at radius 2 is 1.89 bits per heavy atom. The molecule has 0 spiro atoms. The summed E-state index contributed by atoms with van der Waals surface area (Å²) in [4.78, 5) is 32.3. The molecule has 0 saturated heterocycles. The minimum atomic E-state index is -0.454. The molecule has 1 unspecified atom stereocenters. The van der Waals surface area contributed by atoms with Crippen LogP contribution >= 0.6 is 0 Å². The van der Waals surface area contributed by atoms with E-state index in [1.165, 1.54) is 6.07 Å². The first-order chi connectivity index (χ1) is 12.8. The van der Waals surface area contributed by atoms with Crippen molar-refractivity contribution in [3.05, 3.63) is 29.1 Å². The number of halogens is 1. The molecule has 0 aromatic heterocycles. The lowest BCUT2D eigenvalue weighted by Gasteiger charge is -2.19. The van der Waals surface area contributed by atoms with Gasteiger partial charge in [-0.25, -0.2) is 4.39 Å². The van der Waals surface area contributed by atoms with Crippen molar-refractivity contribution in [1.82, 2.24) is 5.32 Å². The molecule has 7 nitrogen and oxygen atoms in total. The van der Waals surface area contributed by atoms with E-state index in [2.05, 4.69) is 5.32 Å². The van der Waals surface area contributed by atoms with Crippen molar-refractivity contribution < 1.29 is 23.5 Å². The molecule has 8 heteroatoms. The smallest absolute Gasteiger partial charge is 0.217 e. The molecular weight excluding hydrogens is 353 g/mol. The lowest BCUT2D eigenvalue weighted by atomic mass is 10.00. The van der Waals surface area contributed by atoms with Gasteiger partial charge in [-0.15, -0.1) is 0 Å². The van der Waals surface area contributed by atoms with Gasteiger partial charge < -0.3 is 21.5 Å². The van der Waals surface area contributed by atoms with E-state index in [-0.39, 0.29) is 30.8 Å². The van der Waals surface area contributed by atoms with Crippen LogP contribution in [0.5, 0.6) is 5.75 Å². The van der Waals surface area contributed by atoms with Gasteiger partial charge in [0, 0.05) is 12.8 Å². The van der Waals surface area contributed by atoms with Gasteiger partial charge in [0.2, 0.25) is 18.2 Å². The Kier molecular flexibility index (Phi) is 9.85. The number of primary amides is 2. The highest BCUT2D eigenvalue weighted by Gasteiger charge is 2.14. The molecule has 1 aromatic rings. The Labute approximate surface area is 158 Å². The van der Waals surface area contributed by atoms with Crippen LogP contribution in [0, 0.1) is 12.7 Å². The highest BCUT2D eigenvalue weighted by Crippen LogP contribution is 2.26. The zero-order chi connectivity index (χ0) is 20.2. The minimum absolute atomic E-state index is 0.133. The highest BCUT2D eigenvalue weighted by atomic mass is 19.1. The molecule has 1 aromatic carbocycles. The first-order valence-corrected chi connectivity index (χ1v) is 9.02. The van der Waals surface area contributed by atoms with Crippen LogP contribution in [0.25, 0.3) is 0 Å². The van der Waals surface area contributed by atoms with Crippen LogP contribution in [-0.4, -0.2) is 30.9 Å². The molecule has 27 heavy (non-hydrogen) atoms. The maximum atomic E-state index is 14.2. The summed E-state index contributed by atoms with van der Waals surface area (Å²) in [7, 11) is 0. The van der Waals surface area contributed by atoms with E-state index >= 15 is 0 Å². The average molecular weight is 381 g/mol. The van der Waals surface area contributed by atoms with Gasteiger partial charge in [-0.2, -0.15) is 0 Å². The summed E-state index contributed by atoms with van der Waals surface area (Å²) < 4.78 is 19.9. The van der Waals surface area contributed by atoms with E-state index in [0.717, 1.165) is 12.8 Å². The Balaban J connectivity index is 2.65. The lowest BCUT2D eigenvalue weighted by Crippen LogP contribution is -2.34. The zero-order valence-electron chi connectivity index (χ0n) is 15.6. The van der Waals surface area contributed by atoms with Gasteiger partial charge >= 0.3 is 0 Å². The maximum Gasteiger partial charge on any atom is 0.217 e. The summed E-state index contributed by atoms with van der Waals surface area (Å²) in [5.74, 6) is -0.557. The normalized spacial score (nSPS) is 11.6. The van der Waals surface area contributed by atoms with E-state index in [4.69, 9.17) is 16.2 Å². The third-order valence-electron chi connectivity index (χ3n) is 4.32. The SMILES string of the molecule is Cc1c(OCC(CCC(N)=O)NC=O)ccc(F)c1CCCCCC(N)=O. The van der Waals surface area contributed by atoms with Crippen molar-refractivity contribution in [2.45, 2.75) is 57.9 Å². The average Bonchev–Trinajstić information content (AvgIpc) is 2.60. The third-order valence-corrected chi connectivity index (χ3v) is 4.32. The molecule has 0 fully saturated rings. The van der Waals surface area contributed by atoms with Gasteiger partial charge in [-0.1, -0.05) is 6.42 Å². The fraction of sp³-hybridized carbons (Fsp3) is 0.526. The maximum absolute atomic E-state index is 14.2. The number of benzene rings is 1. The summed E-state index contributed by atoms with van der Waals surface area (Å²) in [6.07, 6.45) is 4.12. The van der Waals surface area contributed by atoms with Crippen molar-refractivity contribution in [3.63, 3.8) is 0 Å². The van der Waals surface area contributed by atoms with Crippen LogP contribution in [-0.2, 0) is 20.8 Å². The number of ether oxygens (including phenoxy) is 1. The number of amides is 3. The summed E-state index contributed by atoms with van der Waals surface area (Å²) >= 11 is 0. The number of hydrogen-bond acceptors (Lipinski definition) is 4. The van der Waals surface area contributed by atoms with Gasteiger partial charge in [0.1, 0.15) is 18.2 Å². The predicted molar refractivity (Wildman–Crippen MR) is 99.4 cm³/mol. The molecule has 0 bridgehead atoms. The molecule has 3 amide bonds. The molecule has 0 aliphatic carbocycles. The Hall–Kier alpha value is -2.64. The largest absolute Gasteiger partial charge is 0.491 e. The molecule has 1 rings (SSSR count). The standard InChI is InChI=1S/C19H28FN3O4/c1-13-15(5-3-2-4-6-18(21)25)16(20)8-9-17(13)27-11-14(23-12-24)7-10-19(22)26/h8-9,12,14H,2-7,10-11H2,1H3,(H2,21,25)(H2,22,26)(H,23,24). The Morgan fingerprint density at radius 1 is 1.19 bits per heavy atom.